The number of halogens is 1. The molecular weight excluding hydrogens is 454 g/mol. The van der Waals surface area contributed by atoms with E-state index in [4.69, 9.17) is 0 Å². The fraction of sp³-hybridized carbons (Fsp3) is 0.150. The third kappa shape index (κ3) is 4.21. The fourth-order valence-corrected chi connectivity index (χ4v) is 4.76. The molecule has 0 saturated heterocycles. The van der Waals surface area contributed by atoms with E-state index in [1.807, 2.05) is 55.5 Å². The maximum Gasteiger partial charge on any atom is 0.204 e. The first kappa shape index (κ1) is 19.7. The molecular formula is C20H18BrN5O2S. The lowest BCUT2D eigenvalue weighted by Gasteiger charge is -2.25. The SMILES string of the molecule is CC(NC(C1=CC=CS1(=O)=O)c1cccc(-c2nn[nH]n2)c1)c1ccc(Br)cc1. The summed E-state index contributed by atoms with van der Waals surface area (Å²) in [5, 5.41) is 18.8. The second-order valence-electron chi connectivity index (χ2n) is 6.68. The summed E-state index contributed by atoms with van der Waals surface area (Å²) < 4.78 is 26.2. The maximum atomic E-state index is 12.6. The Morgan fingerprint density at radius 1 is 1.10 bits per heavy atom. The van der Waals surface area contributed by atoms with Crippen molar-refractivity contribution in [2.45, 2.75) is 19.0 Å². The largest absolute Gasteiger partial charge is 0.299 e. The molecule has 0 aliphatic carbocycles. The Balaban J connectivity index is 1.72. The summed E-state index contributed by atoms with van der Waals surface area (Å²) in [6, 6.07) is 14.8. The van der Waals surface area contributed by atoms with Crippen LogP contribution in [0.25, 0.3) is 11.4 Å². The molecule has 1 aliphatic heterocycles. The van der Waals surface area contributed by atoms with Crippen molar-refractivity contribution in [3.63, 3.8) is 0 Å². The number of hydrogen-bond donors (Lipinski definition) is 2. The Morgan fingerprint density at radius 2 is 1.90 bits per heavy atom. The van der Waals surface area contributed by atoms with Gasteiger partial charge >= 0.3 is 0 Å². The van der Waals surface area contributed by atoms with Gasteiger partial charge in [-0.05, 0) is 53.6 Å². The minimum Gasteiger partial charge on any atom is -0.299 e. The molecule has 2 atom stereocenters. The zero-order valence-electron chi connectivity index (χ0n) is 15.4. The van der Waals surface area contributed by atoms with Crippen molar-refractivity contribution in [2.75, 3.05) is 0 Å². The summed E-state index contributed by atoms with van der Waals surface area (Å²) in [7, 11) is -3.47. The summed E-state index contributed by atoms with van der Waals surface area (Å²) in [4.78, 5) is 0.312. The van der Waals surface area contributed by atoms with E-state index in [0.29, 0.717) is 10.7 Å². The van der Waals surface area contributed by atoms with E-state index in [0.717, 1.165) is 21.2 Å². The van der Waals surface area contributed by atoms with E-state index in [1.165, 1.54) is 5.41 Å². The van der Waals surface area contributed by atoms with Crippen LogP contribution in [0.2, 0.25) is 0 Å². The number of hydrogen-bond acceptors (Lipinski definition) is 6. The van der Waals surface area contributed by atoms with Gasteiger partial charge in [-0.1, -0.05) is 46.3 Å². The van der Waals surface area contributed by atoms with Crippen LogP contribution >= 0.6 is 15.9 Å². The first-order chi connectivity index (χ1) is 13.9. The van der Waals surface area contributed by atoms with Crippen LogP contribution in [-0.2, 0) is 9.84 Å². The number of sulfone groups is 1. The summed E-state index contributed by atoms with van der Waals surface area (Å²) >= 11 is 3.44. The van der Waals surface area contributed by atoms with E-state index in [2.05, 4.69) is 41.9 Å². The molecule has 0 amide bonds. The topological polar surface area (TPSA) is 101 Å². The second-order valence-corrected chi connectivity index (χ2v) is 9.43. The van der Waals surface area contributed by atoms with Gasteiger partial charge in [-0.15, -0.1) is 10.2 Å². The summed E-state index contributed by atoms with van der Waals surface area (Å²) in [6.45, 7) is 2.01. The summed E-state index contributed by atoms with van der Waals surface area (Å²) in [5.41, 5.74) is 2.61. The van der Waals surface area contributed by atoms with Gasteiger partial charge in [0.05, 0.1) is 10.9 Å². The highest BCUT2D eigenvalue weighted by Crippen LogP contribution is 2.34. The number of allylic oxidation sites excluding steroid dienone is 2. The molecule has 0 spiro atoms. The van der Waals surface area contributed by atoms with Crippen molar-refractivity contribution in [1.29, 1.82) is 0 Å². The number of aromatic amines is 1. The van der Waals surface area contributed by atoms with Gasteiger partial charge in [0.25, 0.3) is 0 Å². The van der Waals surface area contributed by atoms with Crippen LogP contribution < -0.4 is 5.32 Å². The highest BCUT2D eigenvalue weighted by atomic mass is 79.9. The molecule has 0 radical (unpaired) electrons. The van der Waals surface area contributed by atoms with Crippen molar-refractivity contribution in [3.8, 4) is 11.4 Å². The molecule has 2 unspecified atom stereocenters. The third-order valence-corrected chi connectivity index (χ3v) is 6.81. The highest BCUT2D eigenvalue weighted by molar-refractivity contribution is 9.10. The first-order valence-corrected chi connectivity index (χ1v) is 11.3. The maximum absolute atomic E-state index is 12.6. The van der Waals surface area contributed by atoms with Gasteiger partial charge in [-0.25, -0.2) is 8.42 Å². The zero-order chi connectivity index (χ0) is 20.4. The molecule has 29 heavy (non-hydrogen) atoms. The average molecular weight is 472 g/mol. The van der Waals surface area contributed by atoms with Crippen LogP contribution in [0.5, 0.6) is 0 Å². The van der Waals surface area contributed by atoms with E-state index < -0.39 is 15.9 Å². The van der Waals surface area contributed by atoms with Crippen molar-refractivity contribution >= 4 is 25.8 Å². The molecule has 2 heterocycles. The van der Waals surface area contributed by atoms with Gasteiger partial charge in [-0.2, -0.15) is 5.21 Å². The Bertz CT molecular complexity index is 1170. The van der Waals surface area contributed by atoms with Crippen LogP contribution in [0.4, 0.5) is 0 Å². The first-order valence-electron chi connectivity index (χ1n) is 8.93. The van der Waals surface area contributed by atoms with Gasteiger partial charge < -0.3 is 0 Å². The third-order valence-electron chi connectivity index (χ3n) is 4.74. The monoisotopic (exact) mass is 471 g/mol. The lowest BCUT2D eigenvalue weighted by molar-refractivity contribution is 0.516. The van der Waals surface area contributed by atoms with Gasteiger partial charge in [-0.3, -0.25) is 5.32 Å². The van der Waals surface area contributed by atoms with Crippen molar-refractivity contribution in [3.05, 3.63) is 86.6 Å². The van der Waals surface area contributed by atoms with Crippen molar-refractivity contribution in [2.24, 2.45) is 0 Å². The molecule has 0 bridgehead atoms. The molecule has 4 rings (SSSR count). The van der Waals surface area contributed by atoms with E-state index in [9.17, 15) is 8.42 Å². The number of aromatic nitrogens is 4. The highest BCUT2D eigenvalue weighted by Gasteiger charge is 2.29. The van der Waals surface area contributed by atoms with E-state index >= 15 is 0 Å². The summed E-state index contributed by atoms with van der Waals surface area (Å²) in [6.07, 6.45) is 3.20. The van der Waals surface area contributed by atoms with Gasteiger partial charge in [0.15, 0.2) is 9.84 Å². The molecule has 2 N–H and O–H groups in total. The lowest BCUT2D eigenvalue weighted by Crippen LogP contribution is -2.28. The number of nitrogens with one attached hydrogen (secondary N) is 2. The molecule has 148 valence electrons. The van der Waals surface area contributed by atoms with Crippen LogP contribution in [0.3, 0.4) is 0 Å². The number of benzene rings is 2. The number of nitrogens with zero attached hydrogens (tertiary/aromatic N) is 3. The summed E-state index contributed by atoms with van der Waals surface area (Å²) in [5.74, 6) is 0.452. The molecule has 9 heteroatoms. The van der Waals surface area contributed by atoms with Gasteiger partial charge in [0.2, 0.25) is 5.82 Å². The minimum absolute atomic E-state index is 0.0846. The molecule has 0 fully saturated rings. The van der Waals surface area contributed by atoms with E-state index in [1.54, 1.807) is 12.2 Å². The molecule has 0 saturated carbocycles. The predicted molar refractivity (Wildman–Crippen MR) is 114 cm³/mol. The van der Waals surface area contributed by atoms with Crippen LogP contribution in [0, 0.1) is 0 Å². The molecule has 1 aromatic heterocycles. The molecule has 3 aromatic rings. The zero-order valence-corrected chi connectivity index (χ0v) is 17.9. The quantitative estimate of drug-likeness (QED) is 0.566. The van der Waals surface area contributed by atoms with Crippen LogP contribution in [-0.4, -0.2) is 29.0 Å². The molecule has 2 aromatic carbocycles. The van der Waals surface area contributed by atoms with Crippen LogP contribution in [0.15, 0.2) is 75.5 Å². The Kier molecular flexibility index (Phi) is 5.44. The standard InChI is InChI=1S/C20H18BrN5O2S/c1-13(14-7-9-17(21)10-8-14)22-19(18-6-3-11-29(18,27)28)15-4-2-5-16(12-15)20-23-25-26-24-20/h2-13,19,22H,1H3,(H,23,24,25,26). The fourth-order valence-electron chi connectivity index (χ4n) is 3.25. The Hall–Kier alpha value is -2.62. The Labute approximate surface area is 177 Å². The molecule has 1 aliphatic rings. The van der Waals surface area contributed by atoms with Gasteiger partial charge in [0.1, 0.15) is 0 Å². The Morgan fingerprint density at radius 3 is 2.55 bits per heavy atom. The lowest BCUT2D eigenvalue weighted by atomic mass is 10.00. The number of rotatable bonds is 6. The van der Waals surface area contributed by atoms with Crippen molar-refractivity contribution in [1.82, 2.24) is 25.9 Å². The smallest absolute Gasteiger partial charge is 0.204 e. The second kappa shape index (κ2) is 8.02. The number of tetrazole rings is 1. The molecule has 7 nitrogen and oxygen atoms in total. The minimum atomic E-state index is -3.47. The van der Waals surface area contributed by atoms with Crippen LogP contribution in [0.1, 0.15) is 30.1 Å². The average Bonchev–Trinajstić information content (AvgIpc) is 3.36. The normalized spacial score (nSPS) is 17.1. The number of H-pyrrole nitrogens is 1. The predicted octanol–water partition coefficient (Wildman–Crippen LogP) is 3.85. The van der Waals surface area contributed by atoms with E-state index in [-0.39, 0.29) is 6.04 Å². The van der Waals surface area contributed by atoms with Crippen molar-refractivity contribution < 1.29 is 8.42 Å². The van der Waals surface area contributed by atoms with Gasteiger partial charge in [0, 0.05) is 21.5 Å².